The van der Waals surface area contributed by atoms with Gasteiger partial charge in [-0.3, -0.25) is 9.59 Å². The third-order valence-electron chi connectivity index (χ3n) is 4.96. The molecule has 0 aliphatic carbocycles. The van der Waals surface area contributed by atoms with Gasteiger partial charge in [-0.25, -0.2) is 0 Å². The predicted octanol–water partition coefficient (Wildman–Crippen LogP) is 6.11. The van der Waals surface area contributed by atoms with Crippen molar-refractivity contribution >= 4 is 11.9 Å². The molecule has 0 aromatic carbocycles. The maximum atomic E-state index is 12.1. The zero-order valence-corrected chi connectivity index (χ0v) is 15.8. The van der Waals surface area contributed by atoms with Gasteiger partial charge in [-0.1, -0.05) is 90.2 Å². The molecule has 0 saturated carbocycles. The number of unbranched alkanes of at least 4 members (excludes halogenated alkanes) is 10. The van der Waals surface area contributed by atoms with Gasteiger partial charge in [0.15, 0.2) is 0 Å². The number of esters is 2. The number of hydrogen-bond acceptors (Lipinski definition) is 3. The third kappa shape index (κ3) is 7.63. The fourth-order valence-electron chi connectivity index (χ4n) is 3.37. The molecule has 1 atom stereocenters. The molecular weight excluding hydrogens is 300 g/mol. The van der Waals surface area contributed by atoms with E-state index in [4.69, 9.17) is 4.74 Å². The van der Waals surface area contributed by atoms with Crippen LogP contribution in [0, 0.1) is 5.41 Å². The lowest BCUT2D eigenvalue weighted by Crippen LogP contribution is -2.23. The van der Waals surface area contributed by atoms with Crippen molar-refractivity contribution in [2.75, 3.05) is 0 Å². The molecule has 1 heterocycles. The average Bonchev–Trinajstić information content (AvgIpc) is 2.83. The number of ether oxygens (including phenoxy) is 1. The fraction of sp³-hybridized carbons (Fsp3) is 0.810. The Kier molecular flexibility index (Phi) is 10.7. The number of allylic oxidation sites excluding steroid dienone is 1. The lowest BCUT2D eigenvalue weighted by molar-refractivity contribution is -0.154. The monoisotopic (exact) mass is 336 g/mol. The maximum absolute atomic E-state index is 12.1. The van der Waals surface area contributed by atoms with Gasteiger partial charge in [-0.05, 0) is 19.3 Å². The first kappa shape index (κ1) is 20.9. The van der Waals surface area contributed by atoms with Gasteiger partial charge in [0.2, 0.25) is 0 Å². The number of hydrogen-bond donors (Lipinski definition) is 0. The van der Waals surface area contributed by atoms with E-state index in [2.05, 4.69) is 19.9 Å². The Hall–Kier alpha value is -1.12. The molecule has 0 spiro atoms. The van der Waals surface area contributed by atoms with Crippen LogP contribution in [0.15, 0.2) is 12.2 Å². The lowest BCUT2D eigenvalue weighted by Gasteiger charge is -2.19. The summed E-state index contributed by atoms with van der Waals surface area (Å²) in [5.41, 5.74) is -0.674. The summed E-state index contributed by atoms with van der Waals surface area (Å²) in [5, 5.41) is 0. The molecule has 3 nitrogen and oxygen atoms in total. The Labute approximate surface area is 148 Å². The molecule has 1 saturated heterocycles. The fourth-order valence-corrected chi connectivity index (χ4v) is 3.37. The minimum absolute atomic E-state index is 0.226. The van der Waals surface area contributed by atoms with E-state index in [1.54, 1.807) is 0 Å². The molecule has 0 N–H and O–H groups in total. The standard InChI is InChI=1S/C21H36O3/c1-3-5-7-8-9-10-11-12-13-15-17-21(16-14-6-4-2)18-19(22)24-20(21)23/h15,17H,3-14,16,18H2,1-2H3. The second-order valence-corrected chi connectivity index (χ2v) is 7.22. The summed E-state index contributed by atoms with van der Waals surface area (Å²) in [6.07, 6.45) is 19.6. The second kappa shape index (κ2) is 12.3. The van der Waals surface area contributed by atoms with Gasteiger partial charge in [0.1, 0.15) is 0 Å². The average molecular weight is 337 g/mol. The van der Waals surface area contributed by atoms with Gasteiger partial charge in [0.05, 0.1) is 11.8 Å². The van der Waals surface area contributed by atoms with Gasteiger partial charge < -0.3 is 4.74 Å². The van der Waals surface area contributed by atoms with Crippen LogP contribution < -0.4 is 0 Å². The normalized spacial score (nSPS) is 20.9. The summed E-state index contributed by atoms with van der Waals surface area (Å²) in [6, 6.07) is 0. The molecule has 0 amide bonds. The number of carbonyl (C=O) groups is 2. The smallest absolute Gasteiger partial charge is 0.324 e. The largest absolute Gasteiger partial charge is 0.392 e. The summed E-state index contributed by atoms with van der Waals surface area (Å²) in [7, 11) is 0. The van der Waals surface area contributed by atoms with E-state index in [9.17, 15) is 9.59 Å². The van der Waals surface area contributed by atoms with E-state index in [0.29, 0.717) is 0 Å². The Bertz CT molecular complexity index is 400. The van der Waals surface area contributed by atoms with E-state index in [0.717, 1.165) is 38.5 Å². The van der Waals surface area contributed by atoms with Crippen molar-refractivity contribution in [3.05, 3.63) is 12.2 Å². The first-order chi connectivity index (χ1) is 11.6. The number of cyclic esters (lactones) is 2. The van der Waals surface area contributed by atoms with Crippen LogP contribution in [-0.4, -0.2) is 11.9 Å². The van der Waals surface area contributed by atoms with Crippen molar-refractivity contribution in [3.63, 3.8) is 0 Å². The molecule has 0 aromatic rings. The first-order valence-corrected chi connectivity index (χ1v) is 10.1. The van der Waals surface area contributed by atoms with E-state index in [1.165, 1.54) is 44.9 Å². The summed E-state index contributed by atoms with van der Waals surface area (Å²) in [6.45, 7) is 4.39. The molecule has 0 aromatic heterocycles. The van der Waals surface area contributed by atoms with Crippen LogP contribution in [-0.2, 0) is 14.3 Å². The van der Waals surface area contributed by atoms with Gasteiger partial charge >= 0.3 is 11.9 Å². The zero-order chi connectivity index (χ0) is 17.7. The van der Waals surface area contributed by atoms with E-state index in [-0.39, 0.29) is 18.4 Å². The van der Waals surface area contributed by atoms with Gasteiger partial charge in [-0.2, -0.15) is 0 Å². The number of rotatable bonds is 14. The molecule has 1 aliphatic rings. The highest BCUT2D eigenvalue weighted by atomic mass is 16.6. The van der Waals surface area contributed by atoms with Crippen molar-refractivity contribution < 1.29 is 14.3 Å². The van der Waals surface area contributed by atoms with Gasteiger partial charge in [0, 0.05) is 0 Å². The van der Waals surface area contributed by atoms with Crippen LogP contribution in [0.25, 0.3) is 0 Å². The molecular formula is C21H36O3. The highest BCUT2D eigenvalue weighted by Crippen LogP contribution is 2.38. The van der Waals surface area contributed by atoms with Gasteiger partial charge in [-0.15, -0.1) is 0 Å². The Morgan fingerprint density at radius 3 is 2.04 bits per heavy atom. The maximum Gasteiger partial charge on any atom is 0.324 e. The topological polar surface area (TPSA) is 43.4 Å². The van der Waals surface area contributed by atoms with Gasteiger partial charge in [0.25, 0.3) is 0 Å². The molecule has 1 unspecified atom stereocenters. The van der Waals surface area contributed by atoms with E-state index in [1.807, 2.05) is 6.08 Å². The van der Waals surface area contributed by atoms with Crippen LogP contribution in [0.5, 0.6) is 0 Å². The van der Waals surface area contributed by atoms with Crippen molar-refractivity contribution in [3.8, 4) is 0 Å². The SMILES string of the molecule is CCCCCCCCCCC=CC1(CCCCC)CC(=O)OC1=O. The minimum Gasteiger partial charge on any atom is -0.392 e. The summed E-state index contributed by atoms with van der Waals surface area (Å²) < 4.78 is 4.82. The molecule has 1 aliphatic heterocycles. The van der Waals surface area contributed by atoms with Crippen LogP contribution in [0.3, 0.4) is 0 Å². The van der Waals surface area contributed by atoms with Crippen LogP contribution in [0.2, 0.25) is 0 Å². The van der Waals surface area contributed by atoms with E-state index >= 15 is 0 Å². The quantitative estimate of drug-likeness (QED) is 0.166. The van der Waals surface area contributed by atoms with Crippen molar-refractivity contribution in [1.82, 2.24) is 0 Å². The Morgan fingerprint density at radius 1 is 0.875 bits per heavy atom. The Morgan fingerprint density at radius 2 is 1.46 bits per heavy atom. The molecule has 3 heteroatoms. The minimum atomic E-state index is -0.674. The van der Waals surface area contributed by atoms with E-state index < -0.39 is 5.41 Å². The predicted molar refractivity (Wildman–Crippen MR) is 98.7 cm³/mol. The third-order valence-corrected chi connectivity index (χ3v) is 4.96. The zero-order valence-electron chi connectivity index (χ0n) is 15.8. The molecule has 0 radical (unpaired) electrons. The van der Waals surface area contributed by atoms with Crippen molar-refractivity contribution in [2.45, 2.75) is 104 Å². The highest BCUT2D eigenvalue weighted by molar-refractivity contribution is 5.98. The molecule has 138 valence electrons. The van der Waals surface area contributed by atoms with Crippen LogP contribution in [0.1, 0.15) is 104 Å². The highest BCUT2D eigenvalue weighted by Gasteiger charge is 2.46. The molecule has 24 heavy (non-hydrogen) atoms. The second-order valence-electron chi connectivity index (χ2n) is 7.22. The summed E-state index contributed by atoms with van der Waals surface area (Å²) >= 11 is 0. The van der Waals surface area contributed by atoms with Crippen LogP contribution >= 0.6 is 0 Å². The van der Waals surface area contributed by atoms with Crippen molar-refractivity contribution in [2.24, 2.45) is 5.41 Å². The lowest BCUT2D eigenvalue weighted by atomic mass is 9.80. The Balaban J connectivity index is 2.27. The molecule has 1 rings (SSSR count). The number of carbonyl (C=O) groups excluding carboxylic acids is 2. The first-order valence-electron chi connectivity index (χ1n) is 10.1. The van der Waals surface area contributed by atoms with Crippen molar-refractivity contribution in [1.29, 1.82) is 0 Å². The molecule has 0 bridgehead atoms. The summed E-state index contributed by atoms with van der Waals surface area (Å²) in [5.74, 6) is -0.705. The molecule has 1 fully saturated rings. The van der Waals surface area contributed by atoms with Crippen LogP contribution in [0.4, 0.5) is 0 Å². The summed E-state index contributed by atoms with van der Waals surface area (Å²) in [4.78, 5) is 23.6.